The Morgan fingerprint density at radius 1 is 1.15 bits per heavy atom. The van der Waals surface area contributed by atoms with Gasteiger partial charge in [0, 0.05) is 17.0 Å². The van der Waals surface area contributed by atoms with Gasteiger partial charge in [-0.05, 0) is 38.5 Å². The number of carbonyl (C=O) groups excluding carboxylic acids is 2. The third-order valence-electron chi connectivity index (χ3n) is 4.00. The zero-order valence-corrected chi connectivity index (χ0v) is 16.9. The summed E-state index contributed by atoms with van der Waals surface area (Å²) in [5.74, 6) is 0.103. The van der Waals surface area contributed by atoms with E-state index < -0.39 is 12.1 Å². The Hall–Kier alpha value is -2.47. The SMILES string of the molecule is COc1ccccc1CNC(=O)[C@@H](C)OC(=O)CSc1ccc(C)cc1C. The molecular formula is C21H25NO4S. The summed E-state index contributed by atoms with van der Waals surface area (Å²) < 4.78 is 10.5. The molecule has 0 radical (unpaired) electrons. The first-order valence-electron chi connectivity index (χ1n) is 8.70. The van der Waals surface area contributed by atoms with Crippen molar-refractivity contribution in [3.8, 4) is 5.75 Å². The van der Waals surface area contributed by atoms with Crippen molar-refractivity contribution in [2.45, 2.75) is 38.3 Å². The van der Waals surface area contributed by atoms with Gasteiger partial charge in [-0.15, -0.1) is 11.8 Å². The van der Waals surface area contributed by atoms with E-state index in [0.29, 0.717) is 12.3 Å². The maximum atomic E-state index is 12.2. The van der Waals surface area contributed by atoms with Gasteiger partial charge in [0.25, 0.3) is 5.91 Å². The molecule has 0 aromatic heterocycles. The number of nitrogens with one attached hydrogen (secondary N) is 1. The standard InChI is InChI=1S/C21H25NO4S/c1-14-9-10-19(15(2)11-14)27-13-20(23)26-16(3)21(24)22-12-17-7-5-6-8-18(17)25-4/h5-11,16H,12-13H2,1-4H3,(H,22,24)/t16-/m1/s1. The van der Waals surface area contributed by atoms with Crippen LogP contribution in [0.5, 0.6) is 5.75 Å². The number of aryl methyl sites for hydroxylation is 2. The van der Waals surface area contributed by atoms with E-state index in [1.165, 1.54) is 17.3 Å². The molecule has 0 saturated heterocycles. The fourth-order valence-electron chi connectivity index (χ4n) is 2.56. The Kier molecular flexibility index (Phi) is 7.73. The van der Waals surface area contributed by atoms with Crippen molar-refractivity contribution in [2.24, 2.45) is 0 Å². The van der Waals surface area contributed by atoms with E-state index in [-0.39, 0.29) is 11.7 Å². The fraction of sp³-hybridized carbons (Fsp3) is 0.333. The molecule has 0 aliphatic heterocycles. The Balaban J connectivity index is 1.80. The molecule has 5 nitrogen and oxygen atoms in total. The van der Waals surface area contributed by atoms with Crippen molar-refractivity contribution in [1.82, 2.24) is 5.32 Å². The molecule has 0 fully saturated rings. The predicted octanol–water partition coefficient (Wildman–Crippen LogP) is 3.65. The summed E-state index contributed by atoms with van der Waals surface area (Å²) in [7, 11) is 1.58. The number of rotatable bonds is 8. The second-order valence-electron chi connectivity index (χ2n) is 6.22. The van der Waals surface area contributed by atoms with Gasteiger partial charge < -0.3 is 14.8 Å². The lowest BCUT2D eigenvalue weighted by molar-refractivity contribution is -0.152. The average Bonchev–Trinajstić information content (AvgIpc) is 2.65. The lowest BCUT2D eigenvalue weighted by Gasteiger charge is -2.15. The highest BCUT2D eigenvalue weighted by atomic mass is 32.2. The van der Waals surface area contributed by atoms with Crippen molar-refractivity contribution < 1.29 is 19.1 Å². The number of hydrogen-bond donors (Lipinski definition) is 1. The molecule has 1 atom stereocenters. The van der Waals surface area contributed by atoms with E-state index in [9.17, 15) is 9.59 Å². The summed E-state index contributed by atoms with van der Waals surface area (Å²) in [6.45, 7) is 5.91. The van der Waals surface area contributed by atoms with Gasteiger partial charge in [0.05, 0.1) is 12.9 Å². The van der Waals surface area contributed by atoms with Gasteiger partial charge in [-0.25, -0.2) is 0 Å². The molecule has 0 aliphatic carbocycles. The van der Waals surface area contributed by atoms with Crippen LogP contribution in [0.2, 0.25) is 0 Å². The highest BCUT2D eigenvalue weighted by Gasteiger charge is 2.18. The first kappa shape index (κ1) is 20.8. The van der Waals surface area contributed by atoms with Gasteiger partial charge >= 0.3 is 5.97 Å². The van der Waals surface area contributed by atoms with Gasteiger partial charge in [0.2, 0.25) is 0 Å². The van der Waals surface area contributed by atoms with Gasteiger partial charge in [0.1, 0.15) is 5.75 Å². The lowest BCUT2D eigenvalue weighted by atomic mass is 10.2. The Morgan fingerprint density at radius 2 is 1.89 bits per heavy atom. The Bertz CT molecular complexity index is 807. The maximum absolute atomic E-state index is 12.2. The highest BCUT2D eigenvalue weighted by Crippen LogP contribution is 2.23. The molecule has 2 aromatic rings. The fourth-order valence-corrected chi connectivity index (χ4v) is 3.35. The average molecular weight is 388 g/mol. The van der Waals surface area contributed by atoms with Gasteiger partial charge in [-0.2, -0.15) is 0 Å². The molecule has 1 amide bonds. The number of benzene rings is 2. The minimum Gasteiger partial charge on any atom is -0.496 e. The summed E-state index contributed by atoms with van der Waals surface area (Å²) in [5, 5.41) is 2.76. The van der Waals surface area contributed by atoms with Gasteiger partial charge in [0.15, 0.2) is 6.10 Å². The molecule has 0 heterocycles. The minimum absolute atomic E-state index is 0.161. The number of amides is 1. The molecule has 0 spiro atoms. The van der Waals surface area contributed by atoms with Crippen molar-refractivity contribution in [1.29, 1.82) is 0 Å². The summed E-state index contributed by atoms with van der Waals surface area (Å²) in [5.41, 5.74) is 3.16. The number of methoxy groups -OCH3 is 1. The van der Waals surface area contributed by atoms with Crippen LogP contribution < -0.4 is 10.1 Å². The van der Waals surface area contributed by atoms with E-state index in [4.69, 9.17) is 9.47 Å². The molecule has 2 aromatic carbocycles. The van der Waals surface area contributed by atoms with E-state index in [0.717, 1.165) is 16.0 Å². The number of carbonyl (C=O) groups is 2. The van der Waals surface area contributed by atoms with E-state index in [1.807, 2.05) is 50.2 Å². The van der Waals surface area contributed by atoms with E-state index >= 15 is 0 Å². The number of para-hydroxylation sites is 1. The molecule has 144 valence electrons. The Labute approximate surface area is 164 Å². The second-order valence-corrected chi connectivity index (χ2v) is 7.24. The zero-order valence-electron chi connectivity index (χ0n) is 16.1. The van der Waals surface area contributed by atoms with Crippen molar-refractivity contribution in [3.63, 3.8) is 0 Å². The highest BCUT2D eigenvalue weighted by molar-refractivity contribution is 8.00. The summed E-state index contributed by atoms with van der Waals surface area (Å²) >= 11 is 1.41. The molecule has 6 heteroatoms. The maximum Gasteiger partial charge on any atom is 0.317 e. The van der Waals surface area contributed by atoms with Crippen molar-refractivity contribution in [2.75, 3.05) is 12.9 Å². The van der Waals surface area contributed by atoms with Crippen LogP contribution in [-0.4, -0.2) is 30.8 Å². The largest absolute Gasteiger partial charge is 0.496 e. The smallest absolute Gasteiger partial charge is 0.317 e. The van der Waals surface area contributed by atoms with Crippen LogP contribution in [0.3, 0.4) is 0 Å². The third-order valence-corrected chi connectivity index (χ3v) is 5.15. The molecule has 2 rings (SSSR count). The second kappa shape index (κ2) is 10.0. The quantitative estimate of drug-likeness (QED) is 0.553. The number of esters is 1. The number of ether oxygens (including phenoxy) is 2. The molecule has 0 saturated carbocycles. The zero-order chi connectivity index (χ0) is 19.8. The van der Waals surface area contributed by atoms with Crippen molar-refractivity contribution in [3.05, 3.63) is 59.2 Å². The van der Waals surface area contributed by atoms with E-state index in [1.54, 1.807) is 14.0 Å². The van der Waals surface area contributed by atoms with Crippen LogP contribution in [0.1, 0.15) is 23.6 Å². The molecule has 0 aliphatic rings. The molecule has 1 N–H and O–H groups in total. The van der Waals surface area contributed by atoms with Crippen LogP contribution in [-0.2, 0) is 20.9 Å². The molecular weight excluding hydrogens is 362 g/mol. The first-order valence-corrected chi connectivity index (χ1v) is 9.68. The third kappa shape index (κ3) is 6.32. The van der Waals surface area contributed by atoms with Crippen LogP contribution >= 0.6 is 11.8 Å². The normalized spacial score (nSPS) is 11.6. The van der Waals surface area contributed by atoms with Crippen LogP contribution in [0.25, 0.3) is 0 Å². The molecule has 27 heavy (non-hydrogen) atoms. The predicted molar refractivity (Wildman–Crippen MR) is 107 cm³/mol. The topological polar surface area (TPSA) is 64.6 Å². The minimum atomic E-state index is -0.855. The monoisotopic (exact) mass is 387 g/mol. The Morgan fingerprint density at radius 3 is 2.59 bits per heavy atom. The summed E-state index contributed by atoms with van der Waals surface area (Å²) in [4.78, 5) is 25.3. The molecule has 0 unspecified atom stereocenters. The van der Waals surface area contributed by atoms with Crippen molar-refractivity contribution >= 4 is 23.6 Å². The lowest BCUT2D eigenvalue weighted by Crippen LogP contribution is -2.35. The van der Waals surface area contributed by atoms with Crippen LogP contribution in [0.15, 0.2) is 47.4 Å². The van der Waals surface area contributed by atoms with Gasteiger partial charge in [-0.3, -0.25) is 9.59 Å². The summed E-state index contributed by atoms with van der Waals surface area (Å²) in [6, 6.07) is 13.5. The first-order chi connectivity index (χ1) is 12.9. The number of thioether (sulfide) groups is 1. The van der Waals surface area contributed by atoms with Crippen LogP contribution in [0.4, 0.5) is 0 Å². The van der Waals surface area contributed by atoms with Crippen LogP contribution in [0, 0.1) is 13.8 Å². The number of hydrogen-bond acceptors (Lipinski definition) is 5. The summed E-state index contributed by atoms with van der Waals surface area (Å²) in [6.07, 6.45) is -0.855. The molecule has 0 bridgehead atoms. The van der Waals surface area contributed by atoms with E-state index in [2.05, 4.69) is 11.4 Å². The van der Waals surface area contributed by atoms with Gasteiger partial charge in [-0.1, -0.05) is 35.9 Å².